The van der Waals surface area contributed by atoms with Gasteiger partial charge < -0.3 is 10.4 Å². The molecule has 0 saturated heterocycles. The predicted octanol–water partition coefficient (Wildman–Crippen LogP) is 1.71. The molecule has 0 radical (unpaired) electrons. The third kappa shape index (κ3) is 2.32. The minimum atomic E-state index is -0.276. The normalized spacial score (nSPS) is 22.8. The maximum absolute atomic E-state index is 11.7. The first-order chi connectivity index (χ1) is 7.72. The third-order valence-corrected chi connectivity index (χ3v) is 2.90. The molecule has 1 heterocycles. The lowest BCUT2D eigenvalue weighted by molar-refractivity contribution is 0.0941. The van der Waals surface area contributed by atoms with Gasteiger partial charge in [-0.05, 0) is 30.9 Å². The SMILES string of the molecule is CCCC1CC1NC(=O)c1ncccc1O. The monoisotopic (exact) mass is 220 g/mol. The minimum Gasteiger partial charge on any atom is -0.505 e. The largest absolute Gasteiger partial charge is 0.505 e. The molecule has 0 spiro atoms. The molecule has 1 aromatic heterocycles. The molecule has 1 fully saturated rings. The highest BCUT2D eigenvalue weighted by Gasteiger charge is 2.37. The number of hydrogen-bond donors (Lipinski definition) is 2. The molecule has 1 saturated carbocycles. The van der Waals surface area contributed by atoms with Gasteiger partial charge in [0, 0.05) is 12.2 Å². The van der Waals surface area contributed by atoms with E-state index < -0.39 is 0 Å². The van der Waals surface area contributed by atoms with Crippen molar-refractivity contribution in [1.82, 2.24) is 10.3 Å². The van der Waals surface area contributed by atoms with Crippen LogP contribution in [0.3, 0.4) is 0 Å². The Hall–Kier alpha value is -1.58. The Balaban J connectivity index is 1.92. The maximum atomic E-state index is 11.7. The van der Waals surface area contributed by atoms with Crippen molar-refractivity contribution in [2.45, 2.75) is 32.2 Å². The van der Waals surface area contributed by atoms with Crippen LogP contribution in [0.15, 0.2) is 18.3 Å². The third-order valence-electron chi connectivity index (χ3n) is 2.90. The number of rotatable bonds is 4. The van der Waals surface area contributed by atoms with Crippen molar-refractivity contribution in [2.75, 3.05) is 0 Å². The average molecular weight is 220 g/mol. The van der Waals surface area contributed by atoms with Crippen LogP contribution in [0, 0.1) is 5.92 Å². The highest BCUT2D eigenvalue weighted by molar-refractivity contribution is 5.95. The van der Waals surface area contributed by atoms with Crippen LogP contribution in [0.1, 0.15) is 36.7 Å². The average Bonchev–Trinajstić information content (AvgIpc) is 2.97. The van der Waals surface area contributed by atoms with Gasteiger partial charge in [0.1, 0.15) is 5.75 Å². The first-order valence-corrected chi connectivity index (χ1v) is 5.67. The van der Waals surface area contributed by atoms with Crippen LogP contribution in [0.5, 0.6) is 5.75 Å². The number of nitrogens with zero attached hydrogens (tertiary/aromatic N) is 1. The van der Waals surface area contributed by atoms with Gasteiger partial charge in [-0.25, -0.2) is 4.98 Å². The van der Waals surface area contributed by atoms with Crippen LogP contribution in [0.25, 0.3) is 0 Å². The summed E-state index contributed by atoms with van der Waals surface area (Å²) < 4.78 is 0. The number of aromatic hydroxyl groups is 1. The Kier molecular flexibility index (Phi) is 3.08. The molecule has 1 aromatic rings. The van der Waals surface area contributed by atoms with Gasteiger partial charge in [-0.2, -0.15) is 0 Å². The number of aromatic nitrogens is 1. The Morgan fingerprint density at radius 3 is 3.19 bits per heavy atom. The number of carbonyl (C=O) groups excluding carboxylic acids is 1. The van der Waals surface area contributed by atoms with E-state index in [4.69, 9.17) is 0 Å². The second-order valence-electron chi connectivity index (χ2n) is 4.24. The van der Waals surface area contributed by atoms with Crippen molar-refractivity contribution in [3.63, 3.8) is 0 Å². The van der Waals surface area contributed by atoms with Gasteiger partial charge in [0.2, 0.25) is 0 Å². The van der Waals surface area contributed by atoms with Crippen molar-refractivity contribution < 1.29 is 9.90 Å². The molecule has 0 aromatic carbocycles. The topological polar surface area (TPSA) is 62.2 Å². The van der Waals surface area contributed by atoms with E-state index in [1.807, 2.05) is 0 Å². The second-order valence-corrected chi connectivity index (χ2v) is 4.24. The van der Waals surface area contributed by atoms with Crippen LogP contribution in [-0.4, -0.2) is 22.0 Å². The molecule has 2 N–H and O–H groups in total. The Bertz CT molecular complexity index is 392. The number of pyridine rings is 1. The van der Waals surface area contributed by atoms with Crippen LogP contribution >= 0.6 is 0 Å². The van der Waals surface area contributed by atoms with Gasteiger partial charge in [0.05, 0.1) is 0 Å². The summed E-state index contributed by atoms with van der Waals surface area (Å²) in [5.74, 6) is 0.272. The van der Waals surface area contributed by atoms with Gasteiger partial charge >= 0.3 is 0 Å². The summed E-state index contributed by atoms with van der Waals surface area (Å²) >= 11 is 0. The predicted molar refractivity (Wildman–Crippen MR) is 60.2 cm³/mol. The highest BCUT2D eigenvalue weighted by atomic mass is 16.3. The number of amides is 1. The van der Waals surface area contributed by atoms with E-state index >= 15 is 0 Å². The fraction of sp³-hybridized carbons (Fsp3) is 0.500. The van der Waals surface area contributed by atoms with Crippen LogP contribution < -0.4 is 5.32 Å². The lowest BCUT2D eigenvalue weighted by Crippen LogP contribution is -2.27. The summed E-state index contributed by atoms with van der Waals surface area (Å²) in [5.41, 5.74) is 0.115. The van der Waals surface area contributed by atoms with E-state index in [2.05, 4.69) is 17.2 Å². The molecule has 2 atom stereocenters. The van der Waals surface area contributed by atoms with Crippen molar-refractivity contribution in [1.29, 1.82) is 0 Å². The fourth-order valence-electron chi connectivity index (χ4n) is 1.92. The van der Waals surface area contributed by atoms with Crippen LogP contribution in [0.2, 0.25) is 0 Å². The van der Waals surface area contributed by atoms with Gasteiger partial charge in [-0.3, -0.25) is 4.79 Å². The Morgan fingerprint density at radius 1 is 1.69 bits per heavy atom. The maximum Gasteiger partial charge on any atom is 0.273 e. The molecule has 0 bridgehead atoms. The lowest BCUT2D eigenvalue weighted by atomic mass is 10.2. The molecule has 0 aliphatic heterocycles. The summed E-state index contributed by atoms with van der Waals surface area (Å²) in [5, 5.41) is 12.3. The Morgan fingerprint density at radius 2 is 2.50 bits per heavy atom. The summed E-state index contributed by atoms with van der Waals surface area (Å²) in [6, 6.07) is 3.34. The molecule has 2 rings (SSSR count). The molecule has 1 aliphatic carbocycles. The first-order valence-electron chi connectivity index (χ1n) is 5.67. The molecule has 1 amide bonds. The van der Waals surface area contributed by atoms with Crippen molar-refractivity contribution in [3.8, 4) is 5.75 Å². The summed E-state index contributed by atoms with van der Waals surface area (Å²) in [4.78, 5) is 15.6. The van der Waals surface area contributed by atoms with Gasteiger partial charge in [0.25, 0.3) is 5.91 Å². The standard InChI is InChI=1S/C12H16N2O2/c1-2-4-8-7-9(8)14-12(16)11-10(15)5-3-6-13-11/h3,5-6,8-9,15H,2,4,7H2,1H3,(H,14,16). The molecule has 1 aliphatic rings. The molecule has 16 heavy (non-hydrogen) atoms. The number of carbonyl (C=O) groups is 1. The van der Waals surface area contributed by atoms with E-state index in [0.29, 0.717) is 5.92 Å². The van der Waals surface area contributed by atoms with E-state index in [-0.39, 0.29) is 23.4 Å². The summed E-state index contributed by atoms with van der Waals surface area (Å²) in [7, 11) is 0. The smallest absolute Gasteiger partial charge is 0.273 e. The summed E-state index contributed by atoms with van der Waals surface area (Å²) in [6.45, 7) is 2.14. The number of hydrogen-bond acceptors (Lipinski definition) is 3. The zero-order valence-corrected chi connectivity index (χ0v) is 9.31. The fourth-order valence-corrected chi connectivity index (χ4v) is 1.92. The lowest BCUT2D eigenvalue weighted by Gasteiger charge is -2.04. The molecular formula is C12H16N2O2. The van der Waals surface area contributed by atoms with Gasteiger partial charge in [0.15, 0.2) is 5.69 Å². The van der Waals surface area contributed by atoms with Gasteiger partial charge in [-0.15, -0.1) is 0 Å². The molecule has 86 valence electrons. The van der Waals surface area contributed by atoms with E-state index in [0.717, 1.165) is 19.3 Å². The summed E-state index contributed by atoms with van der Waals surface area (Å²) in [6.07, 6.45) is 4.85. The first kappa shape index (κ1) is 10.9. The number of nitrogens with one attached hydrogen (secondary N) is 1. The van der Waals surface area contributed by atoms with E-state index in [9.17, 15) is 9.90 Å². The van der Waals surface area contributed by atoms with Crippen LogP contribution in [-0.2, 0) is 0 Å². The zero-order chi connectivity index (χ0) is 11.5. The molecule has 4 heteroatoms. The molecule has 2 unspecified atom stereocenters. The van der Waals surface area contributed by atoms with E-state index in [1.54, 1.807) is 6.07 Å². The quantitative estimate of drug-likeness (QED) is 0.812. The van der Waals surface area contributed by atoms with Crippen molar-refractivity contribution in [3.05, 3.63) is 24.0 Å². The second kappa shape index (κ2) is 4.51. The van der Waals surface area contributed by atoms with Gasteiger partial charge in [-0.1, -0.05) is 13.3 Å². The molecule has 4 nitrogen and oxygen atoms in total. The highest BCUT2D eigenvalue weighted by Crippen LogP contribution is 2.34. The van der Waals surface area contributed by atoms with Crippen molar-refractivity contribution >= 4 is 5.91 Å². The minimum absolute atomic E-state index is 0.0623. The van der Waals surface area contributed by atoms with Crippen molar-refractivity contribution in [2.24, 2.45) is 5.92 Å². The van der Waals surface area contributed by atoms with E-state index in [1.165, 1.54) is 12.3 Å². The Labute approximate surface area is 94.7 Å². The zero-order valence-electron chi connectivity index (χ0n) is 9.31. The molecular weight excluding hydrogens is 204 g/mol. The van der Waals surface area contributed by atoms with Crippen LogP contribution in [0.4, 0.5) is 0 Å².